The Morgan fingerprint density at radius 3 is 2.62 bits per heavy atom. The number of rotatable bonds is 13. The highest BCUT2D eigenvalue weighted by molar-refractivity contribution is 7.80. The normalized spacial score (nSPS) is 17.8. The third kappa shape index (κ3) is 7.24. The summed E-state index contributed by atoms with van der Waals surface area (Å²) >= 11 is 3.99. The molecule has 4 unspecified atom stereocenters. The minimum absolute atomic E-state index is 0.0803. The van der Waals surface area contributed by atoms with Gasteiger partial charge in [0.2, 0.25) is 17.7 Å². The first kappa shape index (κ1) is 28.5. The van der Waals surface area contributed by atoms with E-state index in [4.69, 9.17) is 11.5 Å². The lowest BCUT2D eigenvalue weighted by atomic mass is 10.0. The minimum Gasteiger partial charge on any atom is -0.480 e. The highest BCUT2D eigenvalue weighted by atomic mass is 32.1. The maximum atomic E-state index is 13.8. The molecule has 12 heteroatoms. The fourth-order valence-electron chi connectivity index (χ4n) is 4.60. The van der Waals surface area contributed by atoms with E-state index in [1.165, 1.54) is 4.90 Å². The molecule has 2 heterocycles. The number of likely N-dealkylation sites (tertiary alicyclic amines) is 1. The SMILES string of the molecule is NCCCCC(N)C(=O)NC(Cc1c[nH]c2ccccc12)C(=O)N1CCCC1C(=O)NC(CS)C(=O)O. The maximum absolute atomic E-state index is 13.8. The van der Waals surface area contributed by atoms with Crippen molar-refractivity contribution in [2.45, 2.75) is 62.7 Å². The highest BCUT2D eigenvalue weighted by Gasteiger charge is 2.39. The van der Waals surface area contributed by atoms with Crippen LogP contribution in [0.15, 0.2) is 30.5 Å². The summed E-state index contributed by atoms with van der Waals surface area (Å²) in [5, 5.41) is 15.5. The van der Waals surface area contributed by atoms with Crippen molar-refractivity contribution >= 4 is 47.2 Å². The third-order valence-corrected chi connectivity index (χ3v) is 7.02. The van der Waals surface area contributed by atoms with Gasteiger partial charge < -0.3 is 37.1 Å². The van der Waals surface area contributed by atoms with Crippen LogP contribution in [0.5, 0.6) is 0 Å². The van der Waals surface area contributed by atoms with Crippen molar-refractivity contribution in [3.63, 3.8) is 0 Å². The van der Waals surface area contributed by atoms with E-state index < -0.39 is 47.9 Å². The van der Waals surface area contributed by atoms with Crippen molar-refractivity contribution in [2.75, 3.05) is 18.8 Å². The second-order valence-corrected chi connectivity index (χ2v) is 9.65. The summed E-state index contributed by atoms with van der Waals surface area (Å²) in [5.41, 5.74) is 13.4. The number of aromatic amines is 1. The zero-order valence-electron chi connectivity index (χ0n) is 20.7. The predicted molar refractivity (Wildman–Crippen MR) is 143 cm³/mol. The summed E-state index contributed by atoms with van der Waals surface area (Å²) in [5.74, 6) is -2.70. The van der Waals surface area contributed by atoms with Crippen LogP contribution in [0.25, 0.3) is 10.9 Å². The van der Waals surface area contributed by atoms with Crippen molar-refractivity contribution in [2.24, 2.45) is 11.5 Å². The first-order valence-electron chi connectivity index (χ1n) is 12.5. The maximum Gasteiger partial charge on any atom is 0.327 e. The van der Waals surface area contributed by atoms with Gasteiger partial charge in [0.15, 0.2) is 0 Å². The van der Waals surface area contributed by atoms with Crippen LogP contribution >= 0.6 is 12.6 Å². The number of H-pyrrole nitrogens is 1. The number of aromatic nitrogens is 1. The number of carboxylic acid groups (broad SMARTS) is 1. The van der Waals surface area contributed by atoms with Crippen LogP contribution in [-0.4, -0.2) is 81.7 Å². The van der Waals surface area contributed by atoms with Crippen LogP contribution in [0.4, 0.5) is 0 Å². The average Bonchev–Trinajstić information content (AvgIpc) is 3.54. The fourth-order valence-corrected chi connectivity index (χ4v) is 4.84. The van der Waals surface area contributed by atoms with Crippen molar-refractivity contribution in [1.82, 2.24) is 20.5 Å². The molecule has 4 atom stereocenters. The van der Waals surface area contributed by atoms with Gasteiger partial charge in [0.05, 0.1) is 6.04 Å². The summed E-state index contributed by atoms with van der Waals surface area (Å²) in [6, 6.07) is 3.88. The number of carbonyl (C=O) groups is 4. The van der Waals surface area contributed by atoms with Gasteiger partial charge >= 0.3 is 5.97 Å². The summed E-state index contributed by atoms with van der Waals surface area (Å²) in [6.07, 6.45) is 4.84. The number of aliphatic carboxylic acids is 1. The Labute approximate surface area is 221 Å². The Balaban J connectivity index is 1.81. The third-order valence-electron chi connectivity index (χ3n) is 6.66. The van der Waals surface area contributed by atoms with Gasteiger partial charge in [-0.25, -0.2) is 4.79 Å². The molecule has 0 aliphatic carbocycles. The van der Waals surface area contributed by atoms with E-state index >= 15 is 0 Å². The molecular weight excluding hydrogens is 496 g/mol. The second-order valence-electron chi connectivity index (χ2n) is 9.29. The molecule has 1 aliphatic heterocycles. The molecular formula is C25H36N6O5S. The lowest BCUT2D eigenvalue weighted by Gasteiger charge is -2.30. The smallest absolute Gasteiger partial charge is 0.327 e. The molecule has 1 fully saturated rings. The number of unbranched alkanes of at least 4 members (excludes halogenated alkanes) is 1. The first-order chi connectivity index (χ1) is 17.8. The number of para-hydroxylation sites is 1. The van der Waals surface area contributed by atoms with Crippen molar-refractivity contribution in [3.05, 3.63) is 36.0 Å². The molecule has 1 aliphatic rings. The van der Waals surface area contributed by atoms with E-state index in [0.29, 0.717) is 38.8 Å². The Bertz CT molecular complexity index is 1110. The quantitative estimate of drug-likeness (QED) is 0.141. The van der Waals surface area contributed by atoms with E-state index in [0.717, 1.165) is 22.9 Å². The van der Waals surface area contributed by atoms with Gasteiger partial charge in [0, 0.05) is 35.8 Å². The monoisotopic (exact) mass is 532 g/mol. The largest absolute Gasteiger partial charge is 0.480 e. The molecule has 1 aromatic carbocycles. The molecule has 11 nitrogen and oxygen atoms in total. The van der Waals surface area contributed by atoms with Gasteiger partial charge in [0.25, 0.3) is 0 Å². The van der Waals surface area contributed by atoms with E-state index in [1.807, 2.05) is 24.3 Å². The van der Waals surface area contributed by atoms with Crippen LogP contribution in [0.3, 0.4) is 0 Å². The predicted octanol–water partition coefficient (Wildman–Crippen LogP) is 0.142. The van der Waals surface area contributed by atoms with Gasteiger partial charge in [-0.15, -0.1) is 0 Å². The molecule has 0 radical (unpaired) electrons. The topological polar surface area (TPSA) is 184 Å². The van der Waals surface area contributed by atoms with Gasteiger partial charge in [-0.3, -0.25) is 14.4 Å². The van der Waals surface area contributed by atoms with E-state index in [-0.39, 0.29) is 12.2 Å². The number of carbonyl (C=O) groups excluding carboxylic acids is 3. The van der Waals surface area contributed by atoms with Crippen LogP contribution in [0.2, 0.25) is 0 Å². The fraction of sp³-hybridized carbons (Fsp3) is 0.520. The number of benzene rings is 1. The zero-order valence-corrected chi connectivity index (χ0v) is 21.6. The standard InChI is InChI=1S/C25H36N6O5S/c26-10-4-3-7-17(27)22(32)29-19(12-15-13-28-18-8-2-1-6-16(15)18)24(34)31-11-5-9-21(31)23(33)30-20(14-37)25(35)36/h1-2,6,8,13,17,19-21,28,37H,3-5,7,9-12,14,26-27H2,(H,29,32)(H,30,33)(H,35,36). The molecule has 3 rings (SSSR count). The molecule has 1 aromatic heterocycles. The number of fused-ring (bicyclic) bond motifs is 1. The summed E-state index contributed by atoms with van der Waals surface area (Å²) in [4.78, 5) is 55.6. The molecule has 2 aromatic rings. The lowest BCUT2D eigenvalue weighted by molar-refractivity contribution is -0.144. The molecule has 202 valence electrons. The number of nitrogens with two attached hydrogens (primary N) is 2. The highest BCUT2D eigenvalue weighted by Crippen LogP contribution is 2.23. The second kappa shape index (κ2) is 13.5. The molecule has 3 amide bonds. The average molecular weight is 533 g/mol. The van der Waals surface area contributed by atoms with Crippen molar-refractivity contribution in [3.8, 4) is 0 Å². The lowest BCUT2D eigenvalue weighted by Crippen LogP contribution is -2.57. The molecule has 0 saturated carbocycles. The Morgan fingerprint density at radius 2 is 1.92 bits per heavy atom. The molecule has 37 heavy (non-hydrogen) atoms. The van der Waals surface area contributed by atoms with E-state index in [2.05, 4.69) is 28.2 Å². The van der Waals surface area contributed by atoms with Crippen molar-refractivity contribution < 1.29 is 24.3 Å². The minimum atomic E-state index is -1.20. The van der Waals surface area contributed by atoms with Crippen LogP contribution in [0.1, 0.15) is 37.7 Å². The Hall–Kier alpha value is -3.09. The van der Waals surface area contributed by atoms with Gasteiger partial charge in [-0.05, 0) is 43.9 Å². The Kier molecular flexibility index (Phi) is 10.4. The number of nitrogens with zero attached hydrogens (tertiary/aromatic N) is 1. The van der Waals surface area contributed by atoms with Crippen LogP contribution in [0, 0.1) is 0 Å². The van der Waals surface area contributed by atoms with Crippen LogP contribution < -0.4 is 22.1 Å². The number of amides is 3. The number of hydrogen-bond donors (Lipinski definition) is 7. The summed E-state index contributed by atoms with van der Waals surface area (Å²) < 4.78 is 0. The van der Waals surface area contributed by atoms with Gasteiger partial charge in [0.1, 0.15) is 18.1 Å². The van der Waals surface area contributed by atoms with Crippen LogP contribution in [-0.2, 0) is 25.6 Å². The van der Waals surface area contributed by atoms with Gasteiger partial charge in [-0.1, -0.05) is 24.6 Å². The summed E-state index contributed by atoms with van der Waals surface area (Å²) in [7, 11) is 0. The summed E-state index contributed by atoms with van der Waals surface area (Å²) in [6.45, 7) is 0.822. The number of nitrogens with one attached hydrogen (secondary N) is 3. The molecule has 1 saturated heterocycles. The van der Waals surface area contributed by atoms with Gasteiger partial charge in [-0.2, -0.15) is 12.6 Å². The zero-order chi connectivity index (χ0) is 26.9. The molecule has 8 N–H and O–H groups in total. The Morgan fingerprint density at radius 1 is 1.16 bits per heavy atom. The van der Waals surface area contributed by atoms with E-state index in [1.54, 1.807) is 6.20 Å². The van der Waals surface area contributed by atoms with Crippen molar-refractivity contribution in [1.29, 1.82) is 0 Å². The van der Waals surface area contributed by atoms with E-state index in [9.17, 15) is 24.3 Å². The number of hydrogen-bond acceptors (Lipinski definition) is 7. The number of carboxylic acids is 1. The first-order valence-corrected chi connectivity index (χ1v) is 13.2. The molecule has 0 spiro atoms. The number of thiol groups is 1. The molecule has 0 bridgehead atoms.